The molecule has 6 rings (SSSR count). The predicted octanol–water partition coefficient (Wildman–Crippen LogP) is 3.87. The van der Waals surface area contributed by atoms with E-state index in [-0.39, 0.29) is 11.9 Å². The van der Waals surface area contributed by atoms with E-state index in [9.17, 15) is 4.79 Å². The zero-order chi connectivity index (χ0) is 24.1. The molecule has 1 saturated heterocycles. The van der Waals surface area contributed by atoms with Gasteiger partial charge in [0.25, 0.3) is 0 Å². The highest BCUT2D eigenvalue weighted by molar-refractivity contribution is 5.76. The highest BCUT2D eigenvalue weighted by Gasteiger charge is 2.35. The highest BCUT2D eigenvalue weighted by atomic mass is 16.5. The van der Waals surface area contributed by atoms with Crippen molar-refractivity contribution in [2.75, 3.05) is 31.2 Å². The molecule has 1 amide bonds. The Morgan fingerprint density at radius 2 is 2.14 bits per heavy atom. The molecule has 3 aliphatic rings. The topological polar surface area (TPSA) is 68.4 Å². The van der Waals surface area contributed by atoms with Gasteiger partial charge in [-0.2, -0.15) is 10.2 Å². The minimum atomic E-state index is 0.130. The number of fused-ring (bicyclic) bond motifs is 2. The van der Waals surface area contributed by atoms with Gasteiger partial charge >= 0.3 is 0 Å². The molecule has 1 fully saturated rings. The van der Waals surface area contributed by atoms with E-state index in [0.29, 0.717) is 19.1 Å². The Bertz CT molecular complexity index is 1250. The maximum Gasteiger partial charge on any atom is 0.219 e. The van der Waals surface area contributed by atoms with Crippen LogP contribution in [0.5, 0.6) is 0 Å². The van der Waals surface area contributed by atoms with Gasteiger partial charge in [-0.15, -0.1) is 0 Å². The van der Waals surface area contributed by atoms with Crippen molar-refractivity contribution >= 4 is 17.4 Å². The van der Waals surface area contributed by atoms with E-state index in [1.807, 2.05) is 22.8 Å². The molecular weight excluding hydrogens is 440 g/mol. The molecule has 0 N–H and O–H groups in total. The number of hydrogen-bond acceptors (Lipinski definition) is 5. The number of hydrogen-bond donors (Lipinski definition) is 0. The van der Waals surface area contributed by atoms with Crippen molar-refractivity contribution in [1.29, 1.82) is 0 Å². The van der Waals surface area contributed by atoms with Gasteiger partial charge in [-0.1, -0.05) is 19.4 Å². The molecule has 8 heteroatoms. The molecule has 0 unspecified atom stereocenters. The van der Waals surface area contributed by atoms with Crippen LogP contribution in [-0.2, 0) is 36.0 Å². The van der Waals surface area contributed by atoms with Gasteiger partial charge in [-0.25, -0.2) is 0 Å². The number of carbonyl (C=O) groups is 1. The van der Waals surface area contributed by atoms with E-state index < -0.39 is 0 Å². The van der Waals surface area contributed by atoms with Crippen LogP contribution in [0.4, 0.5) is 11.5 Å². The van der Waals surface area contributed by atoms with Crippen LogP contribution in [0.3, 0.4) is 0 Å². The maximum absolute atomic E-state index is 12.3. The molecule has 2 atom stereocenters. The standard InChI is InChI=1S/C27H34N6O2/c1-4-19-11-21-12-20(22-13-28-30(3)15-22)5-6-25(21)32(14-19)27-24-16-31(18(2)34)9-7-26(24)33(29-27)23-8-10-35-17-23/h5-6,12-13,15,19,23H,4,7-11,14,16-17H2,1-3H3/t19-,23+/m1/s1. The summed E-state index contributed by atoms with van der Waals surface area (Å²) in [5, 5.41) is 9.61. The van der Waals surface area contributed by atoms with E-state index in [4.69, 9.17) is 9.84 Å². The molecule has 8 nitrogen and oxygen atoms in total. The molecule has 184 valence electrons. The van der Waals surface area contributed by atoms with Crippen LogP contribution < -0.4 is 4.90 Å². The average molecular weight is 475 g/mol. The molecule has 0 aliphatic carbocycles. The van der Waals surface area contributed by atoms with Crippen molar-refractivity contribution in [3.05, 3.63) is 47.4 Å². The summed E-state index contributed by atoms with van der Waals surface area (Å²) >= 11 is 0. The van der Waals surface area contributed by atoms with Gasteiger partial charge in [0.1, 0.15) is 0 Å². The van der Waals surface area contributed by atoms with Gasteiger partial charge in [-0.3, -0.25) is 14.2 Å². The third-order valence-corrected chi connectivity index (χ3v) is 7.95. The number of aromatic nitrogens is 4. The van der Waals surface area contributed by atoms with Crippen molar-refractivity contribution < 1.29 is 9.53 Å². The summed E-state index contributed by atoms with van der Waals surface area (Å²) in [5.74, 6) is 1.70. The van der Waals surface area contributed by atoms with E-state index in [0.717, 1.165) is 56.8 Å². The number of rotatable bonds is 4. The van der Waals surface area contributed by atoms with E-state index >= 15 is 0 Å². The lowest BCUT2D eigenvalue weighted by atomic mass is 9.88. The van der Waals surface area contributed by atoms with E-state index in [2.05, 4.69) is 46.0 Å². The molecule has 0 radical (unpaired) electrons. The SMILES string of the molecule is CC[C@@H]1Cc2cc(-c3cnn(C)c3)ccc2N(c2nn([C@H]3CCOC3)c3c2CN(C(C)=O)CC3)C1. The molecule has 3 aromatic rings. The van der Waals surface area contributed by atoms with Crippen LogP contribution in [0, 0.1) is 5.92 Å². The number of anilines is 2. The Labute approximate surface area is 206 Å². The third-order valence-electron chi connectivity index (χ3n) is 7.95. The smallest absolute Gasteiger partial charge is 0.219 e. The van der Waals surface area contributed by atoms with Gasteiger partial charge in [0, 0.05) is 68.8 Å². The summed E-state index contributed by atoms with van der Waals surface area (Å²) < 4.78 is 9.80. The summed E-state index contributed by atoms with van der Waals surface area (Å²) in [7, 11) is 1.95. The lowest BCUT2D eigenvalue weighted by Crippen LogP contribution is -2.36. The number of amides is 1. The fourth-order valence-corrected chi connectivity index (χ4v) is 5.90. The second kappa shape index (κ2) is 8.82. The van der Waals surface area contributed by atoms with Crippen LogP contribution in [0.25, 0.3) is 11.1 Å². The van der Waals surface area contributed by atoms with Crippen molar-refractivity contribution in [2.45, 2.75) is 52.1 Å². The van der Waals surface area contributed by atoms with Crippen LogP contribution in [0.2, 0.25) is 0 Å². The number of ether oxygens (including phenoxy) is 1. The fraction of sp³-hybridized carbons (Fsp3) is 0.519. The minimum Gasteiger partial charge on any atom is -0.379 e. The van der Waals surface area contributed by atoms with Gasteiger partial charge in [0.2, 0.25) is 5.91 Å². The summed E-state index contributed by atoms with van der Waals surface area (Å²) in [6.07, 6.45) is 8.01. The largest absolute Gasteiger partial charge is 0.379 e. The molecule has 35 heavy (non-hydrogen) atoms. The molecule has 0 saturated carbocycles. The maximum atomic E-state index is 12.3. The number of benzene rings is 1. The second-order valence-electron chi connectivity index (χ2n) is 10.2. The highest BCUT2D eigenvalue weighted by Crippen LogP contribution is 2.42. The first-order valence-corrected chi connectivity index (χ1v) is 12.8. The number of carbonyl (C=O) groups excluding carboxylic acids is 1. The first-order valence-electron chi connectivity index (χ1n) is 12.8. The summed E-state index contributed by atoms with van der Waals surface area (Å²) in [4.78, 5) is 16.7. The Balaban J connectivity index is 1.45. The predicted molar refractivity (Wildman–Crippen MR) is 135 cm³/mol. The zero-order valence-corrected chi connectivity index (χ0v) is 20.9. The van der Waals surface area contributed by atoms with Crippen molar-refractivity contribution in [2.24, 2.45) is 13.0 Å². The lowest BCUT2D eigenvalue weighted by Gasteiger charge is -2.36. The molecular formula is C27H34N6O2. The van der Waals surface area contributed by atoms with Crippen molar-refractivity contribution in [3.63, 3.8) is 0 Å². The molecule has 1 aromatic carbocycles. The quantitative estimate of drug-likeness (QED) is 0.574. The lowest BCUT2D eigenvalue weighted by molar-refractivity contribution is -0.129. The third kappa shape index (κ3) is 3.93. The number of aryl methyl sites for hydroxylation is 1. The first kappa shape index (κ1) is 22.3. The first-order chi connectivity index (χ1) is 17.0. The van der Waals surface area contributed by atoms with Gasteiger partial charge in [0.15, 0.2) is 5.82 Å². The normalized spacial score (nSPS) is 21.8. The number of nitrogens with zero attached hydrogens (tertiary/aromatic N) is 6. The second-order valence-corrected chi connectivity index (χ2v) is 10.2. The van der Waals surface area contributed by atoms with Gasteiger partial charge in [0.05, 0.1) is 25.4 Å². The minimum absolute atomic E-state index is 0.130. The molecule has 0 spiro atoms. The summed E-state index contributed by atoms with van der Waals surface area (Å²) in [6.45, 7) is 7.78. The molecule has 5 heterocycles. The molecule has 2 aromatic heterocycles. The summed E-state index contributed by atoms with van der Waals surface area (Å²) in [5.41, 5.74) is 7.42. The Hall–Kier alpha value is -3.13. The zero-order valence-electron chi connectivity index (χ0n) is 20.9. The monoisotopic (exact) mass is 474 g/mol. The van der Waals surface area contributed by atoms with Gasteiger partial charge in [-0.05, 0) is 42.0 Å². The van der Waals surface area contributed by atoms with Crippen molar-refractivity contribution in [1.82, 2.24) is 24.5 Å². The Morgan fingerprint density at radius 3 is 2.86 bits per heavy atom. The van der Waals surface area contributed by atoms with Gasteiger partial charge < -0.3 is 14.5 Å². The van der Waals surface area contributed by atoms with Crippen molar-refractivity contribution in [3.8, 4) is 11.1 Å². The van der Waals surface area contributed by atoms with Crippen LogP contribution >= 0.6 is 0 Å². The summed E-state index contributed by atoms with van der Waals surface area (Å²) in [6, 6.07) is 7.06. The van der Waals surface area contributed by atoms with Crippen LogP contribution in [-0.4, -0.2) is 56.7 Å². The molecule has 3 aliphatic heterocycles. The Kier molecular flexibility index (Phi) is 5.63. The molecule has 0 bridgehead atoms. The van der Waals surface area contributed by atoms with E-state index in [1.54, 1.807) is 6.92 Å². The van der Waals surface area contributed by atoms with E-state index in [1.165, 1.54) is 28.1 Å². The van der Waals surface area contributed by atoms with Crippen LogP contribution in [0.15, 0.2) is 30.6 Å². The average Bonchev–Trinajstić information content (AvgIpc) is 3.62. The van der Waals surface area contributed by atoms with Crippen LogP contribution in [0.1, 0.15) is 49.6 Å². The fourth-order valence-electron chi connectivity index (χ4n) is 5.90. The Morgan fingerprint density at radius 1 is 1.26 bits per heavy atom.